The number of aryl methyl sites for hydroxylation is 2. The molecular formula is C18H18Cl2N6O3. The van der Waals surface area contributed by atoms with Gasteiger partial charge in [-0.1, -0.05) is 29.3 Å². The molecule has 9 nitrogen and oxygen atoms in total. The van der Waals surface area contributed by atoms with Crippen LogP contribution in [-0.2, 0) is 17.9 Å². The van der Waals surface area contributed by atoms with Crippen LogP contribution in [0.3, 0.4) is 0 Å². The molecule has 152 valence electrons. The fourth-order valence-corrected chi connectivity index (χ4v) is 3.24. The van der Waals surface area contributed by atoms with Crippen molar-refractivity contribution in [1.82, 2.24) is 19.6 Å². The summed E-state index contributed by atoms with van der Waals surface area (Å²) in [6.07, 6.45) is 1.85. The summed E-state index contributed by atoms with van der Waals surface area (Å²) in [5.41, 5.74) is 1.65. The van der Waals surface area contributed by atoms with Gasteiger partial charge in [0.15, 0.2) is 5.82 Å². The van der Waals surface area contributed by atoms with Crippen molar-refractivity contribution in [2.24, 2.45) is 0 Å². The van der Waals surface area contributed by atoms with Crippen LogP contribution in [0.25, 0.3) is 0 Å². The van der Waals surface area contributed by atoms with Crippen molar-refractivity contribution < 1.29 is 9.72 Å². The van der Waals surface area contributed by atoms with Gasteiger partial charge in [-0.05, 0) is 31.5 Å². The van der Waals surface area contributed by atoms with Crippen molar-refractivity contribution >= 4 is 40.6 Å². The molecule has 0 aliphatic heterocycles. The molecule has 0 spiro atoms. The Hall–Kier alpha value is -2.91. The van der Waals surface area contributed by atoms with E-state index in [4.69, 9.17) is 23.2 Å². The average Bonchev–Trinajstić information content (AvgIpc) is 3.19. The molecule has 1 amide bonds. The molecule has 1 N–H and O–H groups in total. The van der Waals surface area contributed by atoms with Gasteiger partial charge >= 0.3 is 5.69 Å². The van der Waals surface area contributed by atoms with E-state index >= 15 is 0 Å². The Labute approximate surface area is 176 Å². The van der Waals surface area contributed by atoms with Crippen LogP contribution in [-0.4, -0.2) is 30.4 Å². The lowest BCUT2D eigenvalue weighted by atomic mass is 10.2. The van der Waals surface area contributed by atoms with E-state index in [0.717, 1.165) is 5.56 Å². The third kappa shape index (κ3) is 4.93. The van der Waals surface area contributed by atoms with Crippen LogP contribution in [0.1, 0.15) is 23.4 Å². The summed E-state index contributed by atoms with van der Waals surface area (Å²) in [5, 5.41) is 23.1. The Bertz CT molecular complexity index is 1080. The zero-order valence-electron chi connectivity index (χ0n) is 15.7. The second-order valence-corrected chi connectivity index (χ2v) is 7.26. The minimum Gasteiger partial charge on any atom is -0.309 e. The summed E-state index contributed by atoms with van der Waals surface area (Å²) in [4.78, 5) is 22.8. The molecule has 0 aliphatic rings. The van der Waals surface area contributed by atoms with Crippen LogP contribution in [0.4, 0.5) is 11.5 Å². The molecule has 2 heterocycles. The number of anilines is 1. The Morgan fingerprint density at radius 1 is 1.21 bits per heavy atom. The maximum Gasteiger partial charge on any atom is 0.312 e. The first-order valence-corrected chi connectivity index (χ1v) is 9.46. The van der Waals surface area contributed by atoms with E-state index in [1.165, 1.54) is 4.68 Å². The van der Waals surface area contributed by atoms with Gasteiger partial charge in [0.05, 0.1) is 28.1 Å². The van der Waals surface area contributed by atoms with Gasteiger partial charge < -0.3 is 5.32 Å². The van der Waals surface area contributed by atoms with Crippen molar-refractivity contribution in [3.63, 3.8) is 0 Å². The van der Waals surface area contributed by atoms with E-state index in [1.54, 1.807) is 42.9 Å². The second-order valence-electron chi connectivity index (χ2n) is 6.44. The maximum atomic E-state index is 12.2. The lowest BCUT2D eigenvalue weighted by Crippen LogP contribution is -2.16. The number of carbonyl (C=O) groups is 1. The summed E-state index contributed by atoms with van der Waals surface area (Å²) in [6, 6.07) is 7.01. The van der Waals surface area contributed by atoms with Crippen LogP contribution in [0.2, 0.25) is 10.0 Å². The molecule has 29 heavy (non-hydrogen) atoms. The maximum absolute atomic E-state index is 12.2. The number of carbonyl (C=O) groups excluding carboxylic acids is 1. The topological polar surface area (TPSA) is 108 Å². The molecule has 2 aromatic heterocycles. The highest BCUT2D eigenvalue weighted by molar-refractivity contribution is 6.42. The first-order valence-electron chi connectivity index (χ1n) is 8.70. The predicted molar refractivity (Wildman–Crippen MR) is 109 cm³/mol. The number of rotatable bonds is 7. The molecule has 0 aliphatic carbocycles. The average molecular weight is 437 g/mol. The molecular weight excluding hydrogens is 419 g/mol. The highest BCUT2D eigenvalue weighted by Gasteiger charge is 2.21. The predicted octanol–water partition coefficient (Wildman–Crippen LogP) is 3.99. The summed E-state index contributed by atoms with van der Waals surface area (Å²) in [5.74, 6) is 0.148. The van der Waals surface area contributed by atoms with Crippen LogP contribution in [0.5, 0.6) is 0 Å². The van der Waals surface area contributed by atoms with Crippen molar-refractivity contribution in [3.8, 4) is 0 Å². The number of nitro groups is 1. The largest absolute Gasteiger partial charge is 0.312 e. The first kappa shape index (κ1) is 20.8. The van der Waals surface area contributed by atoms with Crippen LogP contribution < -0.4 is 5.32 Å². The van der Waals surface area contributed by atoms with Gasteiger partial charge in [-0.15, -0.1) is 0 Å². The zero-order valence-corrected chi connectivity index (χ0v) is 17.2. The van der Waals surface area contributed by atoms with Crippen LogP contribution in [0.15, 0.2) is 30.5 Å². The molecule has 1 aromatic carbocycles. The molecule has 0 unspecified atom stereocenters. The number of hydrogen-bond acceptors (Lipinski definition) is 5. The SMILES string of the molecule is Cc1nn(CCC(=O)Nc2ccn(Cc3ccc(Cl)c(Cl)c3)n2)c(C)c1[N+](=O)[O-]. The summed E-state index contributed by atoms with van der Waals surface area (Å²) >= 11 is 11.9. The number of aromatic nitrogens is 4. The van der Waals surface area contributed by atoms with E-state index < -0.39 is 4.92 Å². The third-order valence-electron chi connectivity index (χ3n) is 4.31. The normalized spacial score (nSPS) is 10.9. The Morgan fingerprint density at radius 2 is 1.97 bits per heavy atom. The standard InChI is InChI=1S/C18H18Cl2N6O3/c1-11-18(26(28)29)12(2)25(22-11)8-6-17(27)21-16-5-7-24(23-16)10-13-3-4-14(19)15(20)9-13/h3-5,7,9H,6,8,10H2,1-2H3,(H,21,23,27). The summed E-state index contributed by atoms with van der Waals surface area (Å²) in [6.45, 7) is 3.89. The quantitative estimate of drug-likeness (QED) is 0.444. The van der Waals surface area contributed by atoms with Crippen LogP contribution >= 0.6 is 23.2 Å². The van der Waals surface area contributed by atoms with Gasteiger partial charge in [0.25, 0.3) is 0 Å². The van der Waals surface area contributed by atoms with Gasteiger partial charge in [-0.2, -0.15) is 10.2 Å². The first-order chi connectivity index (χ1) is 13.7. The molecule has 0 atom stereocenters. The smallest absolute Gasteiger partial charge is 0.309 e. The molecule has 3 rings (SSSR count). The Kier molecular flexibility index (Phi) is 6.19. The summed E-state index contributed by atoms with van der Waals surface area (Å²) in [7, 11) is 0. The van der Waals surface area contributed by atoms with Gasteiger partial charge in [-0.25, -0.2) is 0 Å². The van der Waals surface area contributed by atoms with Gasteiger partial charge in [0, 0.05) is 18.7 Å². The molecule has 11 heteroatoms. The highest BCUT2D eigenvalue weighted by Crippen LogP contribution is 2.23. The second kappa shape index (κ2) is 8.62. The number of hydrogen-bond donors (Lipinski definition) is 1. The van der Waals surface area contributed by atoms with Crippen molar-refractivity contribution in [2.45, 2.75) is 33.4 Å². The molecule has 0 bridgehead atoms. The van der Waals surface area contributed by atoms with Gasteiger partial charge in [0.2, 0.25) is 5.91 Å². The molecule has 0 fully saturated rings. The molecule has 3 aromatic rings. The minimum atomic E-state index is -0.464. The fraction of sp³-hybridized carbons (Fsp3) is 0.278. The van der Waals surface area contributed by atoms with E-state index in [1.807, 2.05) is 6.07 Å². The van der Waals surface area contributed by atoms with E-state index in [9.17, 15) is 14.9 Å². The van der Waals surface area contributed by atoms with E-state index in [0.29, 0.717) is 33.8 Å². The lowest BCUT2D eigenvalue weighted by Gasteiger charge is -2.05. The van der Waals surface area contributed by atoms with Gasteiger partial charge in [-0.3, -0.25) is 24.3 Å². The van der Waals surface area contributed by atoms with Crippen molar-refractivity contribution in [2.75, 3.05) is 5.32 Å². The highest BCUT2D eigenvalue weighted by atomic mass is 35.5. The monoisotopic (exact) mass is 436 g/mol. The Morgan fingerprint density at radius 3 is 2.62 bits per heavy atom. The van der Waals surface area contributed by atoms with E-state index in [-0.39, 0.29) is 24.6 Å². The van der Waals surface area contributed by atoms with E-state index in [2.05, 4.69) is 15.5 Å². The molecule has 0 radical (unpaired) electrons. The molecule has 0 saturated carbocycles. The van der Waals surface area contributed by atoms with Crippen molar-refractivity contribution in [1.29, 1.82) is 0 Å². The third-order valence-corrected chi connectivity index (χ3v) is 5.05. The Balaban J connectivity index is 1.57. The minimum absolute atomic E-state index is 0.0218. The molecule has 0 saturated heterocycles. The fourth-order valence-electron chi connectivity index (χ4n) is 2.92. The lowest BCUT2D eigenvalue weighted by molar-refractivity contribution is -0.386. The number of halogens is 2. The van der Waals surface area contributed by atoms with Crippen LogP contribution in [0, 0.1) is 24.0 Å². The van der Waals surface area contributed by atoms with Gasteiger partial charge in [0.1, 0.15) is 11.4 Å². The summed E-state index contributed by atoms with van der Waals surface area (Å²) < 4.78 is 3.13. The number of amides is 1. The number of nitrogens with zero attached hydrogens (tertiary/aromatic N) is 5. The number of nitrogens with one attached hydrogen (secondary N) is 1. The van der Waals surface area contributed by atoms with Crippen molar-refractivity contribution in [3.05, 3.63) is 67.6 Å². The zero-order chi connectivity index (χ0) is 21.1. The number of benzene rings is 1.